The average molecular weight is 319 g/mol. The molecule has 0 bridgehead atoms. The third-order valence-corrected chi connectivity index (χ3v) is 5.00. The highest BCUT2D eigenvalue weighted by Crippen LogP contribution is 2.26. The molecule has 1 amide bonds. The summed E-state index contributed by atoms with van der Waals surface area (Å²) in [7, 11) is 0. The van der Waals surface area contributed by atoms with Gasteiger partial charge < -0.3 is 10.4 Å². The lowest BCUT2D eigenvalue weighted by Gasteiger charge is -2.13. The summed E-state index contributed by atoms with van der Waals surface area (Å²) in [6.07, 6.45) is 0. The zero-order valence-corrected chi connectivity index (χ0v) is 13.8. The van der Waals surface area contributed by atoms with E-state index in [-0.39, 0.29) is 18.6 Å². The Morgan fingerprint density at radius 3 is 2.76 bits per heavy atom. The molecule has 1 unspecified atom stereocenters. The van der Waals surface area contributed by atoms with Crippen LogP contribution < -0.4 is 5.32 Å². The van der Waals surface area contributed by atoms with Gasteiger partial charge in [0, 0.05) is 9.75 Å². The molecule has 2 N–H and O–H groups in total. The van der Waals surface area contributed by atoms with Crippen LogP contribution in [0.1, 0.15) is 42.8 Å². The molecule has 21 heavy (non-hydrogen) atoms. The van der Waals surface area contributed by atoms with E-state index in [0.717, 1.165) is 4.88 Å². The van der Waals surface area contributed by atoms with Gasteiger partial charge in [-0.1, -0.05) is 11.8 Å². The van der Waals surface area contributed by atoms with Gasteiger partial charge in [0.15, 0.2) is 0 Å². The summed E-state index contributed by atoms with van der Waals surface area (Å²) in [6.45, 7) is 5.96. The first kappa shape index (κ1) is 15.8. The standard InChI is InChI=1S/C16H17NO2S2/c1-10-9-14(12(3)20-10)11(2)17-16(19)15-7-6-13(21-15)5-4-8-18/h6-7,9,11,18H,8H2,1-3H3,(H,17,19). The molecule has 2 aromatic rings. The smallest absolute Gasteiger partial charge is 0.261 e. The van der Waals surface area contributed by atoms with Crippen LogP contribution in [-0.2, 0) is 0 Å². The van der Waals surface area contributed by atoms with Crippen LogP contribution in [0.3, 0.4) is 0 Å². The average Bonchev–Trinajstić information content (AvgIpc) is 3.03. The topological polar surface area (TPSA) is 49.3 Å². The molecule has 0 aliphatic carbocycles. The van der Waals surface area contributed by atoms with Gasteiger partial charge in [0.05, 0.1) is 15.8 Å². The predicted octanol–water partition coefficient (Wildman–Crippen LogP) is 3.26. The van der Waals surface area contributed by atoms with E-state index in [2.05, 4.69) is 37.1 Å². The molecule has 0 spiro atoms. The van der Waals surface area contributed by atoms with E-state index >= 15 is 0 Å². The van der Waals surface area contributed by atoms with E-state index in [1.54, 1.807) is 23.5 Å². The lowest BCUT2D eigenvalue weighted by atomic mass is 10.1. The number of hydrogen-bond donors (Lipinski definition) is 2. The molecule has 110 valence electrons. The fraction of sp³-hybridized carbons (Fsp3) is 0.312. The summed E-state index contributed by atoms with van der Waals surface area (Å²) >= 11 is 3.08. The van der Waals surface area contributed by atoms with Crippen molar-refractivity contribution in [3.63, 3.8) is 0 Å². The summed E-state index contributed by atoms with van der Waals surface area (Å²) < 4.78 is 0. The fourth-order valence-electron chi connectivity index (χ4n) is 2.08. The zero-order chi connectivity index (χ0) is 15.4. The molecule has 0 saturated heterocycles. The number of carbonyl (C=O) groups is 1. The van der Waals surface area contributed by atoms with Gasteiger partial charge in [0.25, 0.3) is 5.91 Å². The first-order chi connectivity index (χ1) is 10.0. The number of thiophene rings is 2. The summed E-state index contributed by atoms with van der Waals surface area (Å²) in [5.41, 5.74) is 1.17. The van der Waals surface area contributed by atoms with Crippen LogP contribution in [0.25, 0.3) is 0 Å². The summed E-state index contributed by atoms with van der Waals surface area (Å²) in [6, 6.07) is 5.67. The van der Waals surface area contributed by atoms with Crippen LogP contribution in [-0.4, -0.2) is 17.6 Å². The number of carbonyl (C=O) groups excluding carboxylic acids is 1. The lowest BCUT2D eigenvalue weighted by molar-refractivity contribution is 0.0944. The Bertz CT molecular complexity index is 703. The van der Waals surface area contributed by atoms with E-state index in [9.17, 15) is 4.79 Å². The van der Waals surface area contributed by atoms with Crippen molar-refractivity contribution in [3.8, 4) is 11.8 Å². The fourth-order valence-corrected chi connectivity index (χ4v) is 3.89. The molecule has 0 fully saturated rings. The Labute approximate surface area is 132 Å². The molecular weight excluding hydrogens is 302 g/mol. The first-order valence-corrected chi connectivity index (χ1v) is 8.22. The van der Waals surface area contributed by atoms with E-state index in [0.29, 0.717) is 4.88 Å². The van der Waals surface area contributed by atoms with E-state index in [4.69, 9.17) is 5.11 Å². The summed E-state index contributed by atoms with van der Waals surface area (Å²) in [5.74, 6) is 5.30. The van der Waals surface area contributed by atoms with Gasteiger partial charge in [0.2, 0.25) is 0 Å². The molecule has 2 aromatic heterocycles. The van der Waals surface area contributed by atoms with Crippen LogP contribution in [0.5, 0.6) is 0 Å². The molecule has 0 aliphatic rings. The van der Waals surface area contributed by atoms with E-state index in [1.807, 2.05) is 6.92 Å². The Morgan fingerprint density at radius 2 is 2.14 bits per heavy atom. The Balaban J connectivity index is 2.07. The van der Waals surface area contributed by atoms with Crippen molar-refractivity contribution in [2.24, 2.45) is 0 Å². The van der Waals surface area contributed by atoms with Crippen molar-refractivity contribution >= 4 is 28.6 Å². The third kappa shape index (κ3) is 3.94. The molecule has 0 aromatic carbocycles. The van der Waals surface area contributed by atoms with Crippen LogP contribution >= 0.6 is 22.7 Å². The van der Waals surface area contributed by atoms with Crippen molar-refractivity contribution in [2.45, 2.75) is 26.8 Å². The molecule has 2 rings (SSSR count). The zero-order valence-electron chi connectivity index (χ0n) is 12.2. The van der Waals surface area contributed by atoms with Gasteiger partial charge in [-0.3, -0.25) is 4.79 Å². The van der Waals surface area contributed by atoms with Gasteiger partial charge in [-0.15, -0.1) is 22.7 Å². The van der Waals surface area contributed by atoms with Gasteiger partial charge >= 0.3 is 0 Å². The number of aliphatic hydroxyl groups is 1. The largest absolute Gasteiger partial charge is 0.384 e. The molecule has 0 saturated carbocycles. The highest BCUT2D eigenvalue weighted by Gasteiger charge is 2.16. The molecular formula is C16H17NO2S2. The minimum Gasteiger partial charge on any atom is -0.384 e. The number of amides is 1. The third-order valence-electron chi connectivity index (χ3n) is 3.01. The van der Waals surface area contributed by atoms with E-state index < -0.39 is 0 Å². The van der Waals surface area contributed by atoms with Gasteiger partial charge in [0.1, 0.15) is 6.61 Å². The quantitative estimate of drug-likeness (QED) is 0.853. The van der Waals surface area contributed by atoms with Gasteiger partial charge in [-0.2, -0.15) is 0 Å². The van der Waals surface area contributed by atoms with Gasteiger partial charge in [-0.25, -0.2) is 0 Å². The minimum absolute atomic E-state index is 0.0171. The Morgan fingerprint density at radius 1 is 1.38 bits per heavy atom. The predicted molar refractivity (Wildman–Crippen MR) is 88.0 cm³/mol. The second kappa shape index (κ2) is 6.90. The molecule has 2 heterocycles. The maximum absolute atomic E-state index is 12.2. The normalized spacial score (nSPS) is 11.6. The summed E-state index contributed by atoms with van der Waals surface area (Å²) in [4.78, 5) is 16.1. The molecule has 1 atom stereocenters. The second-order valence-corrected chi connectivity index (χ2v) is 7.23. The molecule has 5 heteroatoms. The molecule has 3 nitrogen and oxygen atoms in total. The SMILES string of the molecule is Cc1cc(C(C)NC(=O)c2ccc(C#CCO)s2)c(C)s1. The number of rotatable bonds is 3. The van der Waals surface area contributed by atoms with Crippen LogP contribution in [0.4, 0.5) is 0 Å². The van der Waals surface area contributed by atoms with E-state index in [1.165, 1.54) is 26.7 Å². The minimum atomic E-state index is -0.173. The number of hydrogen-bond acceptors (Lipinski definition) is 4. The van der Waals surface area contributed by atoms with Crippen molar-refractivity contribution in [3.05, 3.63) is 43.3 Å². The first-order valence-electron chi connectivity index (χ1n) is 6.58. The van der Waals surface area contributed by atoms with Crippen molar-refractivity contribution in [2.75, 3.05) is 6.61 Å². The Hall–Kier alpha value is -1.61. The monoisotopic (exact) mass is 319 g/mol. The van der Waals surface area contributed by atoms with Crippen LogP contribution in [0.2, 0.25) is 0 Å². The highest BCUT2D eigenvalue weighted by molar-refractivity contribution is 7.14. The highest BCUT2D eigenvalue weighted by atomic mass is 32.1. The summed E-state index contributed by atoms with van der Waals surface area (Å²) in [5, 5.41) is 11.7. The van der Waals surface area contributed by atoms with Crippen molar-refractivity contribution in [1.82, 2.24) is 5.32 Å². The van der Waals surface area contributed by atoms with Gasteiger partial charge in [-0.05, 0) is 44.5 Å². The molecule has 0 aliphatic heterocycles. The van der Waals surface area contributed by atoms with Crippen molar-refractivity contribution in [1.29, 1.82) is 0 Å². The number of aliphatic hydroxyl groups excluding tert-OH is 1. The van der Waals surface area contributed by atoms with Crippen molar-refractivity contribution < 1.29 is 9.90 Å². The molecule has 0 radical (unpaired) electrons. The van der Waals surface area contributed by atoms with Crippen LogP contribution in [0.15, 0.2) is 18.2 Å². The Kier molecular flexibility index (Phi) is 5.18. The second-order valence-electron chi connectivity index (χ2n) is 4.69. The maximum Gasteiger partial charge on any atom is 0.261 e. The lowest BCUT2D eigenvalue weighted by Crippen LogP contribution is -2.25. The number of aryl methyl sites for hydroxylation is 2. The maximum atomic E-state index is 12.2. The van der Waals surface area contributed by atoms with Crippen LogP contribution in [0, 0.1) is 25.7 Å². The number of nitrogens with one attached hydrogen (secondary N) is 1.